The van der Waals surface area contributed by atoms with Crippen LogP contribution in [0.4, 0.5) is 0 Å². The molecule has 0 aliphatic carbocycles. The third-order valence-electron chi connectivity index (χ3n) is 6.74. The van der Waals surface area contributed by atoms with Crippen LogP contribution in [0.1, 0.15) is 162 Å². The molecule has 0 aromatic heterocycles. The predicted octanol–water partition coefficient (Wildman–Crippen LogP) is 9.99. The van der Waals surface area contributed by atoms with Crippen molar-refractivity contribution >= 4 is 10.4 Å². The van der Waals surface area contributed by atoms with Crippen molar-refractivity contribution in [1.82, 2.24) is 0 Å². The van der Waals surface area contributed by atoms with Gasteiger partial charge in [-0.2, -0.15) is 8.42 Å². The van der Waals surface area contributed by atoms with Crippen LogP contribution in [-0.4, -0.2) is 19.6 Å². The summed E-state index contributed by atoms with van der Waals surface area (Å²) in [4.78, 5) is 0. The molecule has 0 aliphatic rings. The van der Waals surface area contributed by atoms with Gasteiger partial charge in [-0.25, -0.2) is 4.18 Å². The van der Waals surface area contributed by atoms with E-state index < -0.39 is 10.4 Å². The predicted molar refractivity (Wildman–Crippen MR) is 148 cm³/mol. The van der Waals surface area contributed by atoms with Crippen LogP contribution in [0.3, 0.4) is 0 Å². The molecular weight excluding hydrogens is 444 g/mol. The van der Waals surface area contributed by atoms with Crippen molar-refractivity contribution in [2.24, 2.45) is 5.92 Å². The van der Waals surface area contributed by atoms with Crippen molar-refractivity contribution in [3.05, 3.63) is 12.2 Å². The average Bonchev–Trinajstić information content (AvgIpc) is 2.80. The molecule has 1 atom stereocenters. The Morgan fingerprint density at radius 3 is 1.41 bits per heavy atom. The molecular formula is C29H58O4S. The Morgan fingerprint density at radius 1 is 0.618 bits per heavy atom. The summed E-state index contributed by atoms with van der Waals surface area (Å²) in [6.07, 6.45) is 33.9. The Morgan fingerprint density at radius 2 is 1.00 bits per heavy atom. The second-order valence-electron chi connectivity index (χ2n) is 10.2. The van der Waals surface area contributed by atoms with Gasteiger partial charge in [-0.15, -0.1) is 0 Å². The standard InChI is InChI=1S/C29H58O4S/c1-3-5-7-9-11-13-15-17-19-21-23-25-27-29(28-33-34(30,31)32)26-24-22-20-18-16-14-12-10-8-6-4-2/h24,26,29H,3-23,25,27-28H2,1-2H3,(H,30,31,32)/b26-24+. The Kier molecular flexibility index (Phi) is 25.4. The van der Waals surface area contributed by atoms with Gasteiger partial charge in [-0.1, -0.05) is 154 Å². The van der Waals surface area contributed by atoms with Crippen LogP contribution in [0.5, 0.6) is 0 Å². The van der Waals surface area contributed by atoms with Gasteiger partial charge in [-0.05, 0) is 19.3 Å². The van der Waals surface area contributed by atoms with Gasteiger partial charge in [0, 0.05) is 5.92 Å². The summed E-state index contributed by atoms with van der Waals surface area (Å²) in [5, 5.41) is 0. The SMILES string of the molecule is CCCCCCCCCCC/C=C/C(CCCCCCCCCCCCCC)COS(=O)(=O)O. The topological polar surface area (TPSA) is 63.6 Å². The smallest absolute Gasteiger partial charge is 0.264 e. The normalized spacial score (nSPS) is 13.1. The van der Waals surface area contributed by atoms with E-state index in [9.17, 15) is 8.42 Å². The molecule has 0 rings (SSSR count). The van der Waals surface area contributed by atoms with Crippen LogP contribution in [0.15, 0.2) is 12.2 Å². The number of unbranched alkanes of at least 4 members (excludes halogenated alkanes) is 20. The zero-order valence-electron chi connectivity index (χ0n) is 22.8. The van der Waals surface area contributed by atoms with Crippen LogP contribution >= 0.6 is 0 Å². The molecule has 0 radical (unpaired) electrons. The first-order valence-corrected chi connectivity index (χ1v) is 16.1. The minimum Gasteiger partial charge on any atom is -0.264 e. The van der Waals surface area contributed by atoms with E-state index in [4.69, 9.17) is 4.55 Å². The Hall–Kier alpha value is -0.390. The molecule has 0 aromatic carbocycles. The molecule has 0 amide bonds. The van der Waals surface area contributed by atoms with E-state index in [0.29, 0.717) is 0 Å². The van der Waals surface area contributed by atoms with Gasteiger partial charge in [0.2, 0.25) is 0 Å². The summed E-state index contributed by atoms with van der Waals surface area (Å²) in [5.74, 6) is 0.0589. The number of allylic oxidation sites excluding steroid dienone is 1. The van der Waals surface area contributed by atoms with Crippen LogP contribution in [0, 0.1) is 5.92 Å². The summed E-state index contributed by atoms with van der Waals surface area (Å²) in [6, 6.07) is 0. The Labute approximate surface area is 213 Å². The molecule has 0 bridgehead atoms. The molecule has 0 aromatic rings. The van der Waals surface area contributed by atoms with Crippen LogP contribution in [0.25, 0.3) is 0 Å². The lowest BCUT2D eigenvalue weighted by Gasteiger charge is -2.12. The van der Waals surface area contributed by atoms with E-state index in [2.05, 4.69) is 30.2 Å². The van der Waals surface area contributed by atoms with E-state index in [-0.39, 0.29) is 12.5 Å². The van der Waals surface area contributed by atoms with Crippen molar-refractivity contribution in [1.29, 1.82) is 0 Å². The first-order chi connectivity index (χ1) is 16.5. The van der Waals surface area contributed by atoms with Gasteiger partial charge in [-0.3, -0.25) is 4.55 Å². The fraction of sp³-hybridized carbons (Fsp3) is 0.931. The fourth-order valence-corrected chi connectivity index (χ4v) is 4.86. The Bertz CT molecular complexity index is 530. The third kappa shape index (κ3) is 27.9. The van der Waals surface area contributed by atoms with Gasteiger partial charge >= 0.3 is 10.4 Å². The molecule has 0 aliphatic heterocycles. The Balaban J connectivity index is 3.85. The van der Waals surface area contributed by atoms with E-state index in [0.717, 1.165) is 19.3 Å². The largest absolute Gasteiger partial charge is 0.397 e. The average molecular weight is 503 g/mol. The highest BCUT2D eigenvalue weighted by atomic mass is 32.3. The second kappa shape index (κ2) is 25.7. The third-order valence-corrected chi connectivity index (χ3v) is 7.18. The van der Waals surface area contributed by atoms with Crippen LogP contribution in [-0.2, 0) is 14.6 Å². The summed E-state index contributed by atoms with van der Waals surface area (Å²) >= 11 is 0. The van der Waals surface area contributed by atoms with Crippen molar-refractivity contribution in [3.8, 4) is 0 Å². The lowest BCUT2D eigenvalue weighted by molar-refractivity contribution is 0.234. The molecule has 0 heterocycles. The first-order valence-electron chi connectivity index (χ1n) is 14.8. The monoisotopic (exact) mass is 502 g/mol. The minimum atomic E-state index is -4.36. The van der Waals surface area contributed by atoms with Gasteiger partial charge in [0.25, 0.3) is 0 Å². The summed E-state index contributed by atoms with van der Waals surface area (Å²) in [6.45, 7) is 4.57. The second-order valence-corrected chi connectivity index (χ2v) is 11.3. The highest BCUT2D eigenvalue weighted by Crippen LogP contribution is 2.17. The molecule has 1 unspecified atom stereocenters. The zero-order chi connectivity index (χ0) is 25.2. The highest BCUT2D eigenvalue weighted by Gasteiger charge is 2.11. The molecule has 5 heteroatoms. The molecule has 4 nitrogen and oxygen atoms in total. The van der Waals surface area contributed by atoms with Crippen molar-refractivity contribution in [2.75, 3.05) is 6.61 Å². The number of rotatable bonds is 27. The van der Waals surface area contributed by atoms with E-state index >= 15 is 0 Å². The fourth-order valence-electron chi connectivity index (χ4n) is 4.52. The summed E-state index contributed by atoms with van der Waals surface area (Å²) in [7, 11) is -4.36. The van der Waals surface area contributed by atoms with Gasteiger partial charge in [0.05, 0.1) is 6.61 Å². The van der Waals surface area contributed by atoms with E-state index in [1.165, 1.54) is 128 Å². The van der Waals surface area contributed by atoms with E-state index in [1.54, 1.807) is 0 Å². The van der Waals surface area contributed by atoms with Crippen LogP contribution < -0.4 is 0 Å². The number of hydrogen-bond acceptors (Lipinski definition) is 3. The maximum atomic E-state index is 11.0. The van der Waals surface area contributed by atoms with Gasteiger partial charge in [0.15, 0.2) is 0 Å². The number of hydrogen-bond donors (Lipinski definition) is 1. The van der Waals surface area contributed by atoms with E-state index in [1.807, 2.05) is 0 Å². The van der Waals surface area contributed by atoms with Gasteiger partial charge < -0.3 is 0 Å². The molecule has 1 N–H and O–H groups in total. The van der Waals surface area contributed by atoms with Gasteiger partial charge in [0.1, 0.15) is 0 Å². The lowest BCUT2D eigenvalue weighted by atomic mass is 9.99. The minimum absolute atomic E-state index is 0.0468. The molecule has 0 spiro atoms. The van der Waals surface area contributed by atoms with Crippen molar-refractivity contribution in [3.63, 3.8) is 0 Å². The first kappa shape index (κ1) is 33.6. The quantitative estimate of drug-likeness (QED) is 0.0689. The molecule has 0 saturated carbocycles. The van der Waals surface area contributed by atoms with Crippen molar-refractivity contribution < 1.29 is 17.2 Å². The molecule has 0 fully saturated rings. The summed E-state index contributed by atoms with van der Waals surface area (Å²) < 4.78 is 35.6. The molecule has 34 heavy (non-hydrogen) atoms. The lowest BCUT2D eigenvalue weighted by Crippen LogP contribution is -2.12. The van der Waals surface area contributed by atoms with Crippen LogP contribution in [0.2, 0.25) is 0 Å². The van der Waals surface area contributed by atoms with Crippen molar-refractivity contribution in [2.45, 2.75) is 162 Å². The molecule has 0 saturated heterocycles. The summed E-state index contributed by atoms with van der Waals surface area (Å²) in [5.41, 5.74) is 0. The highest BCUT2D eigenvalue weighted by molar-refractivity contribution is 7.80. The zero-order valence-corrected chi connectivity index (χ0v) is 23.6. The maximum Gasteiger partial charge on any atom is 0.397 e. The molecule has 204 valence electrons. The maximum absolute atomic E-state index is 11.0.